The van der Waals surface area contributed by atoms with Crippen LogP contribution < -0.4 is 4.74 Å². The van der Waals surface area contributed by atoms with Gasteiger partial charge in [-0.05, 0) is 38.3 Å². The van der Waals surface area contributed by atoms with Crippen molar-refractivity contribution < 1.29 is 4.74 Å². The molecule has 0 aliphatic rings. The molecule has 0 spiro atoms. The van der Waals surface area contributed by atoms with Gasteiger partial charge in [0.25, 0.3) is 0 Å². The molecule has 0 unspecified atom stereocenters. The van der Waals surface area contributed by atoms with Crippen LogP contribution in [0, 0.1) is 13.8 Å². The first kappa shape index (κ1) is 16.3. The summed E-state index contributed by atoms with van der Waals surface area (Å²) in [5.74, 6) is 1.15. The largest absolute Gasteiger partial charge is 0.478 e. The SMILES string of the molecule is Cc1ccc(-n2nccc2OCC[N-]c2ncnc(C)c2Cl)cc1. The van der Waals surface area contributed by atoms with E-state index in [2.05, 4.69) is 20.4 Å². The van der Waals surface area contributed by atoms with Gasteiger partial charge in [-0.15, -0.1) is 0 Å². The fourth-order valence-electron chi connectivity index (χ4n) is 2.14. The second-order valence-corrected chi connectivity index (χ2v) is 5.62. The van der Waals surface area contributed by atoms with Crippen LogP contribution >= 0.6 is 11.6 Å². The molecule has 0 atom stereocenters. The average molecular weight is 343 g/mol. The number of hydrogen-bond acceptors (Lipinski definition) is 4. The molecule has 124 valence electrons. The van der Waals surface area contributed by atoms with Crippen molar-refractivity contribution in [1.82, 2.24) is 19.7 Å². The van der Waals surface area contributed by atoms with Crippen LogP contribution in [0.25, 0.3) is 11.0 Å². The van der Waals surface area contributed by atoms with Crippen molar-refractivity contribution in [3.63, 3.8) is 0 Å². The lowest BCUT2D eigenvalue weighted by Crippen LogP contribution is -2.07. The summed E-state index contributed by atoms with van der Waals surface area (Å²) in [6.45, 7) is 4.71. The third-order valence-corrected chi connectivity index (χ3v) is 3.88. The van der Waals surface area contributed by atoms with Gasteiger partial charge < -0.3 is 15.0 Å². The van der Waals surface area contributed by atoms with Gasteiger partial charge >= 0.3 is 0 Å². The zero-order chi connectivity index (χ0) is 16.9. The van der Waals surface area contributed by atoms with E-state index >= 15 is 0 Å². The number of nitrogens with zero attached hydrogens (tertiary/aromatic N) is 5. The minimum Gasteiger partial charge on any atom is -0.478 e. The second-order valence-electron chi connectivity index (χ2n) is 5.24. The van der Waals surface area contributed by atoms with Crippen LogP contribution in [0.3, 0.4) is 0 Å². The summed E-state index contributed by atoms with van der Waals surface area (Å²) < 4.78 is 7.53. The molecular formula is C17H17ClN5O-. The molecule has 0 aliphatic heterocycles. The Morgan fingerprint density at radius 1 is 1.12 bits per heavy atom. The number of aryl methyl sites for hydroxylation is 2. The average Bonchev–Trinajstić information content (AvgIpc) is 3.04. The Kier molecular flexibility index (Phi) is 4.96. The molecule has 6 nitrogen and oxygen atoms in total. The van der Waals surface area contributed by atoms with E-state index in [-0.39, 0.29) is 0 Å². The van der Waals surface area contributed by atoms with E-state index in [1.165, 1.54) is 11.9 Å². The van der Waals surface area contributed by atoms with Crippen molar-refractivity contribution in [2.45, 2.75) is 13.8 Å². The van der Waals surface area contributed by atoms with Crippen LogP contribution in [0.4, 0.5) is 5.82 Å². The van der Waals surface area contributed by atoms with Gasteiger partial charge in [-0.25, -0.2) is 4.68 Å². The fourth-order valence-corrected chi connectivity index (χ4v) is 2.30. The van der Waals surface area contributed by atoms with Gasteiger partial charge in [0.15, 0.2) is 0 Å². The molecule has 0 amide bonds. The first-order chi connectivity index (χ1) is 11.6. The summed E-state index contributed by atoms with van der Waals surface area (Å²) in [7, 11) is 0. The van der Waals surface area contributed by atoms with Crippen molar-refractivity contribution in [3.8, 4) is 11.6 Å². The Morgan fingerprint density at radius 3 is 2.71 bits per heavy atom. The van der Waals surface area contributed by atoms with E-state index in [9.17, 15) is 0 Å². The molecule has 7 heteroatoms. The molecule has 0 radical (unpaired) electrons. The Hall–Kier alpha value is -2.60. The molecule has 0 aliphatic carbocycles. The molecule has 1 aromatic carbocycles. The maximum absolute atomic E-state index is 6.12. The van der Waals surface area contributed by atoms with E-state index in [0.29, 0.717) is 35.6 Å². The van der Waals surface area contributed by atoms with Crippen molar-refractivity contribution >= 4 is 17.4 Å². The van der Waals surface area contributed by atoms with Crippen LogP contribution in [0.1, 0.15) is 11.3 Å². The first-order valence-electron chi connectivity index (χ1n) is 7.53. The van der Waals surface area contributed by atoms with Gasteiger partial charge in [-0.3, -0.25) is 4.98 Å². The molecule has 0 saturated carbocycles. The highest BCUT2D eigenvalue weighted by molar-refractivity contribution is 6.33. The zero-order valence-electron chi connectivity index (χ0n) is 13.5. The van der Waals surface area contributed by atoms with Gasteiger partial charge in [0.1, 0.15) is 0 Å². The number of benzene rings is 1. The summed E-state index contributed by atoms with van der Waals surface area (Å²) in [6, 6.07) is 9.90. The van der Waals surface area contributed by atoms with Crippen LogP contribution in [0.15, 0.2) is 42.9 Å². The monoisotopic (exact) mass is 342 g/mol. The second kappa shape index (κ2) is 7.31. The topological polar surface area (TPSA) is 66.9 Å². The Bertz CT molecular complexity index is 816. The molecule has 2 heterocycles. The van der Waals surface area contributed by atoms with E-state index in [4.69, 9.17) is 16.3 Å². The molecule has 0 saturated heterocycles. The molecular weight excluding hydrogens is 326 g/mol. The van der Waals surface area contributed by atoms with Crippen LogP contribution in [-0.4, -0.2) is 32.9 Å². The molecule has 2 aromatic heterocycles. The highest BCUT2D eigenvalue weighted by Gasteiger charge is 2.05. The summed E-state index contributed by atoms with van der Waals surface area (Å²) in [4.78, 5) is 8.08. The standard InChI is InChI=1S/C17H17ClN5O/c1-12-3-5-14(6-4-12)23-15(7-8-22-23)24-10-9-19-17-16(18)13(2)20-11-21-17/h3-8,11H,9-10H2,1-2H3/q-1. The quantitative estimate of drug-likeness (QED) is 0.634. The maximum Gasteiger partial charge on any atom is 0.216 e. The summed E-state index contributed by atoms with van der Waals surface area (Å²) in [5.41, 5.74) is 2.86. The van der Waals surface area contributed by atoms with Crippen molar-refractivity contribution in [2.24, 2.45) is 0 Å². The highest BCUT2D eigenvalue weighted by atomic mass is 35.5. The van der Waals surface area contributed by atoms with Crippen LogP contribution in [0.5, 0.6) is 5.88 Å². The van der Waals surface area contributed by atoms with E-state index in [1.54, 1.807) is 10.9 Å². The van der Waals surface area contributed by atoms with Crippen molar-refractivity contribution in [2.75, 3.05) is 13.2 Å². The fraction of sp³-hybridized carbons (Fsp3) is 0.235. The molecule has 0 bridgehead atoms. The van der Waals surface area contributed by atoms with E-state index < -0.39 is 0 Å². The Morgan fingerprint density at radius 2 is 1.92 bits per heavy atom. The third-order valence-electron chi connectivity index (χ3n) is 3.43. The molecule has 24 heavy (non-hydrogen) atoms. The van der Waals surface area contributed by atoms with Gasteiger partial charge in [0.05, 0.1) is 29.2 Å². The number of aromatic nitrogens is 4. The van der Waals surface area contributed by atoms with Crippen molar-refractivity contribution in [3.05, 3.63) is 64.5 Å². The predicted octanol–water partition coefficient (Wildman–Crippen LogP) is 4.02. The van der Waals surface area contributed by atoms with Gasteiger partial charge in [-0.1, -0.05) is 29.3 Å². The number of ether oxygens (including phenoxy) is 1. The molecule has 3 rings (SSSR count). The van der Waals surface area contributed by atoms with Gasteiger partial charge in [0, 0.05) is 12.4 Å². The lowest BCUT2D eigenvalue weighted by atomic mass is 10.2. The lowest BCUT2D eigenvalue weighted by molar-refractivity contribution is 0.312. The summed E-state index contributed by atoms with van der Waals surface area (Å²) >= 11 is 6.12. The predicted molar refractivity (Wildman–Crippen MR) is 93.5 cm³/mol. The minimum absolute atomic E-state index is 0.400. The lowest BCUT2D eigenvalue weighted by Gasteiger charge is -2.17. The van der Waals surface area contributed by atoms with Crippen molar-refractivity contribution in [1.29, 1.82) is 0 Å². The van der Waals surface area contributed by atoms with E-state index in [1.807, 2.05) is 44.2 Å². The van der Waals surface area contributed by atoms with Crippen LogP contribution in [-0.2, 0) is 0 Å². The molecule has 0 N–H and O–H groups in total. The summed E-state index contributed by atoms with van der Waals surface area (Å²) in [5, 5.41) is 9.11. The first-order valence-corrected chi connectivity index (χ1v) is 7.91. The zero-order valence-corrected chi connectivity index (χ0v) is 14.2. The molecule has 3 aromatic rings. The number of rotatable bonds is 6. The third kappa shape index (κ3) is 3.65. The smallest absolute Gasteiger partial charge is 0.216 e. The maximum atomic E-state index is 6.12. The minimum atomic E-state index is 0.400. The number of halogens is 1. The highest BCUT2D eigenvalue weighted by Crippen LogP contribution is 2.27. The normalized spacial score (nSPS) is 10.6. The van der Waals surface area contributed by atoms with Gasteiger partial charge in [0.2, 0.25) is 5.88 Å². The molecule has 0 fully saturated rings. The van der Waals surface area contributed by atoms with Gasteiger partial charge in [-0.2, -0.15) is 5.10 Å². The van der Waals surface area contributed by atoms with E-state index in [0.717, 1.165) is 5.69 Å². The number of hydrogen-bond donors (Lipinski definition) is 0. The van der Waals surface area contributed by atoms with Crippen LogP contribution in [0.2, 0.25) is 5.02 Å². The summed E-state index contributed by atoms with van der Waals surface area (Å²) in [6.07, 6.45) is 3.16. The Balaban J connectivity index is 1.59. The Labute approximate surface area is 145 Å².